The Morgan fingerprint density at radius 1 is 1.16 bits per heavy atom. The zero-order valence-electron chi connectivity index (χ0n) is 16.9. The van der Waals surface area contributed by atoms with Crippen LogP contribution in [0.4, 0.5) is 10.2 Å². The molecular formula is C22H18FN7O2. The molecule has 2 amide bonds. The van der Waals surface area contributed by atoms with Gasteiger partial charge in [0.2, 0.25) is 5.91 Å². The average molecular weight is 431 g/mol. The van der Waals surface area contributed by atoms with Gasteiger partial charge in [0.15, 0.2) is 5.82 Å². The third-order valence-electron chi connectivity index (χ3n) is 5.51. The quantitative estimate of drug-likeness (QED) is 0.650. The van der Waals surface area contributed by atoms with Crippen LogP contribution >= 0.6 is 0 Å². The number of nitrogens with zero attached hydrogens (tertiary/aromatic N) is 5. The summed E-state index contributed by atoms with van der Waals surface area (Å²) in [6, 6.07) is 9.58. The van der Waals surface area contributed by atoms with Crippen molar-refractivity contribution in [2.45, 2.75) is 13.0 Å². The minimum atomic E-state index is -0.573. The van der Waals surface area contributed by atoms with Crippen molar-refractivity contribution in [2.75, 3.05) is 24.5 Å². The van der Waals surface area contributed by atoms with Gasteiger partial charge >= 0.3 is 0 Å². The lowest BCUT2D eigenvalue weighted by Gasteiger charge is -2.18. The Morgan fingerprint density at radius 3 is 2.88 bits per heavy atom. The molecule has 0 atom stereocenters. The number of rotatable bonds is 3. The second-order valence-corrected chi connectivity index (χ2v) is 7.55. The Labute approximate surface area is 182 Å². The van der Waals surface area contributed by atoms with E-state index in [1.807, 2.05) is 11.0 Å². The number of anilines is 1. The molecule has 32 heavy (non-hydrogen) atoms. The molecule has 2 aliphatic rings. The van der Waals surface area contributed by atoms with Crippen LogP contribution in [-0.4, -0.2) is 46.2 Å². The van der Waals surface area contributed by atoms with Crippen LogP contribution in [0.5, 0.6) is 0 Å². The standard InChI is InChI=1S/C22H18FN7O2/c23-14-4-1-3-13(10-24)20(14)15-9-17(21-16(27-15)11-26-22(21)32)30-8-5-18(28-30)29-7-2-6-25-19(31)12-29/h1,3-5,8-9H,2,6-7,11-12H2,(H,25,31)(H,26,32). The minimum Gasteiger partial charge on any atom is -0.354 e. The van der Waals surface area contributed by atoms with Gasteiger partial charge in [0.05, 0.1) is 52.9 Å². The molecule has 4 heterocycles. The van der Waals surface area contributed by atoms with Crippen LogP contribution in [0, 0.1) is 17.1 Å². The first kappa shape index (κ1) is 19.7. The van der Waals surface area contributed by atoms with E-state index in [1.54, 1.807) is 18.3 Å². The highest BCUT2D eigenvalue weighted by Crippen LogP contribution is 2.31. The van der Waals surface area contributed by atoms with Gasteiger partial charge in [-0.15, -0.1) is 0 Å². The van der Waals surface area contributed by atoms with Crippen molar-refractivity contribution >= 4 is 17.6 Å². The number of aromatic nitrogens is 3. The first-order valence-electron chi connectivity index (χ1n) is 10.1. The van der Waals surface area contributed by atoms with Crippen LogP contribution in [0.3, 0.4) is 0 Å². The van der Waals surface area contributed by atoms with Crippen molar-refractivity contribution in [3.05, 3.63) is 59.2 Å². The van der Waals surface area contributed by atoms with Gasteiger partial charge in [0, 0.05) is 25.4 Å². The van der Waals surface area contributed by atoms with Crippen LogP contribution in [0.2, 0.25) is 0 Å². The third kappa shape index (κ3) is 3.33. The zero-order valence-corrected chi connectivity index (χ0v) is 16.9. The maximum atomic E-state index is 14.7. The molecule has 2 N–H and O–H groups in total. The van der Waals surface area contributed by atoms with Crippen molar-refractivity contribution in [1.82, 2.24) is 25.4 Å². The number of halogens is 1. The van der Waals surface area contributed by atoms with Crippen molar-refractivity contribution in [3.8, 4) is 23.0 Å². The van der Waals surface area contributed by atoms with E-state index in [0.717, 1.165) is 6.42 Å². The number of hydrogen-bond acceptors (Lipinski definition) is 6. The molecule has 5 rings (SSSR count). The first-order chi connectivity index (χ1) is 15.5. The second-order valence-electron chi connectivity index (χ2n) is 7.55. The summed E-state index contributed by atoms with van der Waals surface area (Å²) in [7, 11) is 0. The predicted octanol–water partition coefficient (Wildman–Crippen LogP) is 1.51. The van der Waals surface area contributed by atoms with Gasteiger partial charge in [0.1, 0.15) is 5.82 Å². The van der Waals surface area contributed by atoms with Crippen molar-refractivity contribution < 1.29 is 14.0 Å². The lowest BCUT2D eigenvalue weighted by molar-refractivity contribution is -0.119. The normalized spacial score (nSPS) is 15.6. The van der Waals surface area contributed by atoms with E-state index < -0.39 is 5.82 Å². The molecule has 0 bridgehead atoms. The monoisotopic (exact) mass is 431 g/mol. The predicted molar refractivity (Wildman–Crippen MR) is 112 cm³/mol. The fourth-order valence-electron chi connectivity index (χ4n) is 4.02. The number of fused-ring (bicyclic) bond motifs is 1. The summed E-state index contributed by atoms with van der Waals surface area (Å²) < 4.78 is 16.2. The Balaban J connectivity index is 1.63. The SMILES string of the molecule is N#Cc1cccc(F)c1-c1cc(-n2ccc(N3CCCNC(=O)C3)n2)c2c(n1)CNC2=O. The van der Waals surface area contributed by atoms with E-state index in [0.29, 0.717) is 35.9 Å². The fraction of sp³-hybridized carbons (Fsp3) is 0.227. The van der Waals surface area contributed by atoms with Gasteiger partial charge in [-0.3, -0.25) is 9.59 Å². The summed E-state index contributed by atoms with van der Waals surface area (Å²) in [5, 5.41) is 19.6. The highest BCUT2D eigenvalue weighted by Gasteiger charge is 2.28. The Bertz CT molecular complexity index is 1290. The molecule has 1 saturated heterocycles. The Hall–Kier alpha value is -4.26. The molecule has 1 fully saturated rings. The molecule has 0 radical (unpaired) electrons. The molecule has 0 saturated carbocycles. The van der Waals surface area contributed by atoms with E-state index in [-0.39, 0.29) is 41.7 Å². The third-order valence-corrected chi connectivity index (χ3v) is 5.51. The van der Waals surface area contributed by atoms with Gasteiger partial charge in [-0.2, -0.15) is 10.4 Å². The van der Waals surface area contributed by atoms with Crippen molar-refractivity contribution in [3.63, 3.8) is 0 Å². The molecule has 2 aromatic heterocycles. The molecule has 0 spiro atoms. The maximum Gasteiger partial charge on any atom is 0.255 e. The second kappa shape index (κ2) is 7.77. The van der Waals surface area contributed by atoms with Gasteiger partial charge in [-0.05, 0) is 24.6 Å². The topological polar surface area (TPSA) is 116 Å². The number of pyridine rings is 1. The molecule has 2 aliphatic heterocycles. The molecule has 9 nitrogen and oxygen atoms in total. The van der Waals surface area contributed by atoms with Crippen LogP contribution in [0.1, 0.15) is 28.0 Å². The van der Waals surface area contributed by atoms with Crippen LogP contribution in [0.25, 0.3) is 16.9 Å². The summed E-state index contributed by atoms with van der Waals surface area (Å²) >= 11 is 0. The molecule has 3 aromatic rings. The summed E-state index contributed by atoms with van der Waals surface area (Å²) in [5.41, 5.74) is 1.72. The lowest BCUT2D eigenvalue weighted by Crippen LogP contribution is -2.33. The maximum absolute atomic E-state index is 14.7. The molecule has 10 heteroatoms. The number of nitrogens with one attached hydrogen (secondary N) is 2. The van der Waals surface area contributed by atoms with Crippen LogP contribution in [0.15, 0.2) is 36.5 Å². The molecule has 0 unspecified atom stereocenters. The summed E-state index contributed by atoms with van der Waals surface area (Å²) in [6.07, 6.45) is 2.48. The van der Waals surface area contributed by atoms with Gasteiger partial charge in [-0.1, -0.05) is 6.07 Å². The van der Waals surface area contributed by atoms with E-state index in [1.165, 1.54) is 22.9 Å². The van der Waals surface area contributed by atoms with E-state index in [4.69, 9.17) is 0 Å². The van der Waals surface area contributed by atoms with Crippen LogP contribution < -0.4 is 15.5 Å². The number of carbonyl (C=O) groups is 2. The highest BCUT2D eigenvalue weighted by molar-refractivity contribution is 6.01. The molecule has 1 aromatic carbocycles. The molecule has 160 valence electrons. The van der Waals surface area contributed by atoms with Gasteiger partial charge < -0.3 is 15.5 Å². The van der Waals surface area contributed by atoms with Gasteiger partial charge in [-0.25, -0.2) is 14.1 Å². The summed E-state index contributed by atoms with van der Waals surface area (Å²) in [4.78, 5) is 30.8. The highest BCUT2D eigenvalue weighted by atomic mass is 19.1. The zero-order chi connectivity index (χ0) is 22.2. The average Bonchev–Trinajstić information content (AvgIpc) is 3.36. The molecular weight excluding hydrogens is 413 g/mol. The lowest BCUT2D eigenvalue weighted by atomic mass is 10.0. The fourth-order valence-corrected chi connectivity index (χ4v) is 4.02. The van der Waals surface area contributed by atoms with Crippen molar-refractivity contribution in [1.29, 1.82) is 5.26 Å². The van der Waals surface area contributed by atoms with Crippen LogP contribution in [-0.2, 0) is 11.3 Å². The van der Waals surface area contributed by atoms with Gasteiger partial charge in [0.25, 0.3) is 5.91 Å². The number of benzene rings is 1. The minimum absolute atomic E-state index is 0.0768. The summed E-state index contributed by atoms with van der Waals surface area (Å²) in [6.45, 7) is 1.67. The van der Waals surface area contributed by atoms with E-state index in [9.17, 15) is 19.2 Å². The Morgan fingerprint density at radius 2 is 2.03 bits per heavy atom. The number of amides is 2. The smallest absolute Gasteiger partial charge is 0.255 e. The number of carbonyl (C=O) groups excluding carboxylic acids is 2. The summed E-state index contributed by atoms with van der Waals surface area (Å²) in [5.74, 6) is -0.353. The molecule has 0 aliphatic carbocycles. The number of hydrogen-bond donors (Lipinski definition) is 2. The van der Waals surface area contributed by atoms with E-state index >= 15 is 0 Å². The van der Waals surface area contributed by atoms with E-state index in [2.05, 4.69) is 20.7 Å². The first-order valence-corrected chi connectivity index (χ1v) is 10.1. The number of nitriles is 1. The largest absolute Gasteiger partial charge is 0.354 e. The van der Waals surface area contributed by atoms with Crippen molar-refractivity contribution in [2.24, 2.45) is 0 Å². The Kier molecular flexibility index (Phi) is 4.78.